The Kier molecular flexibility index (Phi) is 3.49. The Morgan fingerprint density at radius 3 is 2.42 bits per heavy atom. The van der Waals surface area contributed by atoms with Gasteiger partial charge in [-0.25, -0.2) is 0 Å². The first-order valence-electron chi connectivity index (χ1n) is 4.42. The summed E-state index contributed by atoms with van der Waals surface area (Å²) in [6.07, 6.45) is 3.42. The summed E-state index contributed by atoms with van der Waals surface area (Å²) in [6.45, 7) is 1.98. The molecule has 1 aliphatic heterocycles. The monoisotopic (exact) mass is 172 g/mol. The molecule has 3 N–H and O–H groups in total. The summed E-state index contributed by atoms with van der Waals surface area (Å²) in [7, 11) is 0. The molecule has 70 valence electrons. The van der Waals surface area contributed by atoms with E-state index in [0.717, 1.165) is 25.9 Å². The lowest BCUT2D eigenvalue weighted by molar-refractivity contribution is -0.143. The number of likely N-dealkylation sites (tertiary alicyclic amines) is 1. The van der Waals surface area contributed by atoms with E-state index in [-0.39, 0.29) is 6.54 Å². The molecule has 12 heavy (non-hydrogen) atoms. The molecule has 0 bridgehead atoms. The van der Waals surface area contributed by atoms with Crippen molar-refractivity contribution in [3.63, 3.8) is 0 Å². The molecule has 1 saturated heterocycles. The minimum Gasteiger partial charge on any atom is -0.480 e. The van der Waals surface area contributed by atoms with Crippen LogP contribution in [0.2, 0.25) is 0 Å². The van der Waals surface area contributed by atoms with Gasteiger partial charge in [-0.15, -0.1) is 0 Å². The van der Waals surface area contributed by atoms with Gasteiger partial charge in [0.15, 0.2) is 0 Å². The number of piperidine rings is 1. The van der Waals surface area contributed by atoms with Crippen molar-refractivity contribution in [1.29, 1.82) is 0 Å². The van der Waals surface area contributed by atoms with Crippen LogP contribution in [0.3, 0.4) is 0 Å². The fourth-order valence-corrected chi connectivity index (χ4v) is 1.64. The van der Waals surface area contributed by atoms with Crippen LogP contribution in [0.4, 0.5) is 0 Å². The van der Waals surface area contributed by atoms with Crippen LogP contribution < -0.4 is 5.73 Å². The molecule has 1 atom stereocenters. The number of rotatable bonds is 3. The quantitative estimate of drug-likeness (QED) is 0.623. The molecule has 0 radical (unpaired) electrons. The number of aliphatic carboxylic acids is 1. The largest absolute Gasteiger partial charge is 0.480 e. The highest BCUT2D eigenvalue weighted by Gasteiger charge is 2.24. The average Bonchev–Trinajstić information content (AvgIpc) is 2.07. The Balaban J connectivity index is 2.46. The van der Waals surface area contributed by atoms with Crippen molar-refractivity contribution in [2.45, 2.75) is 25.3 Å². The number of nitrogens with zero attached hydrogens (tertiary/aromatic N) is 1. The SMILES string of the molecule is NC[C@@H](C(=O)O)N1CCCCC1. The maximum absolute atomic E-state index is 10.7. The summed E-state index contributed by atoms with van der Waals surface area (Å²) in [6, 6.07) is -0.467. The Hall–Kier alpha value is -0.610. The summed E-state index contributed by atoms with van der Waals surface area (Å²) < 4.78 is 0. The zero-order valence-electron chi connectivity index (χ0n) is 7.20. The Morgan fingerprint density at radius 1 is 1.42 bits per heavy atom. The number of hydrogen-bond acceptors (Lipinski definition) is 3. The summed E-state index contributed by atoms with van der Waals surface area (Å²) >= 11 is 0. The van der Waals surface area contributed by atoms with Crippen LogP contribution in [-0.2, 0) is 4.79 Å². The average molecular weight is 172 g/mol. The van der Waals surface area contributed by atoms with E-state index in [1.54, 1.807) is 0 Å². The van der Waals surface area contributed by atoms with Crippen LogP contribution in [-0.4, -0.2) is 41.7 Å². The second-order valence-corrected chi connectivity index (χ2v) is 3.19. The van der Waals surface area contributed by atoms with E-state index in [1.165, 1.54) is 6.42 Å². The standard InChI is InChI=1S/C8H16N2O2/c9-6-7(8(11)12)10-4-2-1-3-5-10/h7H,1-6,9H2,(H,11,12)/t7-/m0/s1. The Morgan fingerprint density at radius 2 is 2.00 bits per heavy atom. The molecular formula is C8H16N2O2. The first-order chi connectivity index (χ1) is 5.75. The van der Waals surface area contributed by atoms with Gasteiger partial charge in [0.05, 0.1) is 0 Å². The summed E-state index contributed by atoms with van der Waals surface area (Å²) in [5, 5.41) is 8.80. The van der Waals surface area contributed by atoms with Crippen LogP contribution in [0.15, 0.2) is 0 Å². The van der Waals surface area contributed by atoms with Gasteiger partial charge in [0.1, 0.15) is 6.04 Å². The third-order valence-electron chi connectivity index (χ3n) is 2.34. The van der Waals surface area contributed by atoms with Crippen molar-refractivity contribution < 1.29 is 9.90 Å². The molecule has 0 unspecified atom stereocenters. The predicted octanol–water partition coefficient (Wildman–Crippen LogP) is -0.116. The molecule has 4 nitrogen and oxygen atoms in total. The smallest absolute Gasteiger partial charge is 0.322 e. The van der Waals surface area contributed by atoms with Crippen LogP contribution >= 0.6 is 0 Å². The van der Waals surface area contributed by atoms with Crippen LogP contribution in [0.5, 0.6) is 0 Å². The van der Waals surface area contributed by atoms with Gasteiger partial charge in [-0.1, -0.05) is 6.42 Å². The third kappa shape index (κ3) is 2.19. The lowest BCUT2D eigenvalue weighted by atomic mass is 10.1. The number of carbonyl (C=O) groups is 1. The van der Waals surface area contributed by atoms with Gasteiger partial charge >= 0.3 is 5.97 Å². The second kappa shape index (κ2) is 4.42. The van der Waals surface area contributed by atoms with Gasteiger partial charge in [-0.3, -0.25) is 9.69 Å². The topological polar surface area (TPSA) is 66.6 Å². The van der Waals surface area contributed by atoms with Crippen LogP contribution in [0.1, 0.15) is 19.3 Å². The minimum atomic E-state index is -0.792. The number of nitrogens with two attached hydrogens (primary N) is 1. The molecule has 1 fully saturated rings. The second-order valence-electron chi connectivity index (χ2n) is 3.19. The molecule has 0 aromatic heterocycles. The predicted molar refractivity (Wildman–Crippen MR) is 45.9 cm³/mol. The third-order valence-corrected chi connectivity index (χ3v) is 2.34. The molecule has 0 saturated carbocycles. The van der Waals surface area contributed by atoms with E-state index in [2.05, 4.69) is 0 Å². The van der Waals surface area contributed by atoms with E-state index in [4.69, 9.17) is 10.8 Å². The molecule has 0 spiro atoms. The van der Waals surface area contributed by atoms with Crippen LogP contribution in [0.25, 0.3) is 0 Å². The summed E-state index contributed by atoms with van der Waals surface area (Å²) in [4.78, 5) is 12.7. The zero-order valence-corrected chi connectivity index (χ0v) is 7.20. The molecule has 0 aromatic rings. The first-order valence-corrected chi connectivity index (χ1v) is 4.42. The van der Waals surface area contributed by atoms with Gasteiger partial charge in [0, 0.05) is 6.54 Å². The number of carboxylic acids is 1. The molecule has 0 aliphatic carbocycles. The minimum absolute atomic E-state index is 0.218. The van der Waals surface area contributed by atoms with Crippen molar-refractivity contribution >= 4 is 5.97 Å². The summed E-state index contributed by atoms with van der Waals surface area (Å²) in [5.41, 5.74) is 5.38. The molecular weight excluding hydrogens is 156 g/mol. The molecule has 1 aliphatic rings. The molecule has 1 rings (SSSR count). The molecule has 0 amide bonds. The van der Waals surface area contributed by atoms with Crippen molar-refractivity contribution in [1.82, 2.24) is 4.90 Å². The maximum Gasteiger partial charge on any atom is 0.322 e. The van der Waals surface area contributed by atoms with Gasteiger partial charge in [0.2, 0.25) is 0 Å². The summed E-state index contributed by atoms with van der Waals surface area (Å²) in [5.74, 6) is -0.792. The highest BCUT2D eigenvalue weighted by atomic mass is 16.4. The lowest BCUT2D eigenvalue weighted by Crippen LogP contribution is -2.48. The number of hydrogen-bond donors (Lipinski definition) is 2. The molecule has 1 heterocycles. The van der Waals surface area contributed by atoms with Crippen LogP contribution in [0, 0.1) is 0 Å². The highest BCUT2D eigenvalue weighted by Crippen LogP contribution is 2.11. The Labute approximate surface area is 72.3 Å². The fourth-order valence-electron chi connectivity index (χ4n) is 1.64. The number of carboxylic acid groups (broad SMARTS) is 1. The lowest BCUT2D eigenvalue weighted by Gasteiger charge is -2.30. The van der Waals surface area contributed by atoms with E-state index < -0.39 is 12.0 Å². The maximum atomic E-state index is 10.7. The van der Waals surface area contributed by atoms with E-state index in [1.807, 2.05) is 4.90 Å². The van der Waals surface area contributed by atoms with Gasteiger partial charge in [-0.05, 0) is 25.9 Å². The van der Waals surface area contributed by atoms with Crippen molar-refractivity contribution in [3.8, 4) is 0 Å². The zero-order chi connectivity index (χ0) is 8.97. The van der Waals surface area contributed by atoms with Crippen molar-refractivity contribution in [2.75, 3.05) is 19.6 Å². The van der Waals surface area contributed by atoms with Crippen molar-refractivity contribution in [3.05, 3.63) is 0 Å². The van der Waals surface area contributed by atoms with Gasteiger partial charge < -0.3 is 10.8 Å². The highest BCUT2D eigenvalue weighted by molar-refractivity contribution is 5.73. The van der Waals surface area contributed by atoms with E-state index in [9.17, 15) is 4.79 Å². The normalized spacial score (nSPS) is 22.1. The first kappa shape index (κ1) is 9.48. The van der Waals surface area contributed by atoms with Gasteiger partial charge in [-0.2, -0.15) is 0 Å². The van der Waals surface area contributed by atoms with Crippen molar-refractivity contribution in [2.24, 2.45) is 5.73 Å². The molecule has 0 aromatic carbocycles. The Bertz CT molecular complexity index is 155. The molecule has 4 heteroatoms. The van der Waals surface area contributed by atoms with E-state index >= 15 is 0 Å². The van der Waals surface area contributed by atoms with Gasteiger partial charge in [0.25, 0.3) is 0 Å². The van der Waals surface area contributed by atoms with E-state index in [0.29, 0.717) is 0 Å². The fraction of sp³-hybridized carbons (Fsp3) is 0.875.